The molecule has 0 unspecified atom stereocenters. The minimum atomic E-state index is 0.473. The number of nitrogens with zero attached hydrogens (tertiary/aromatic N) is 2. The van der Waals surface area contributed by atoms with E-state index in [4.69, 9.17) is 0 Å². The van der Waals surface area contributed by atoms with Gasteiger partial charge in [0.1, 0.15) is 0 Å². The number of nitrogens with one attached hydrogen (secondary N) is 1. The minimum absolute atomic E-state index is 0.473. The van der Waals surface area contributed by atoms with E-state index in [0.29, 0.717) is 5.41 Å². The second-order valence-electron chi connectivity index (χ2n) is 4.99. The van der Waals surface area contributed by atoms with Gasteiger partial charge in [0.25, 0.3) is 0 Å². The second kappa shape index (κ2) is 3.80. The molecule has 15 heavy (non-hydrogen) atoms. The van der Waals surface area contributed by atoms with E-state index in [0.717, 1.165) is 23.9 Å². The lowest BCUT2D eigenvalue weighted by Crippen LogP contribution is -2.33. The summed E-state index contributed by atoms with van der Waals surface area (Å²) >= 11 is 0. The maximum Gasteiger partial charge on any atom is 0.223 e. The van der Waals surface area contributed by atoms with Crippen molar-refractivity contribution >= 4 is 5.95 Å². The monoisotopic (exact) mass is 205 g/mol. The molecule has 0 atom stereocenters. The highest BCUT2D eigenvalue weighted by molar-refractivity contribution is 5.28. The van der Waals surface area contributed by atoms with Gasteiger partial charge >= 0.3 is 0 Å². The average Bonchev–Trinajstić information content (AvgIpc) is 2.10. The third-order valence-electron chi connectivity index (χ3n) is 3.22. The van der Waals surface area contributed by atoms with Crippen LogP contribution in [-0.4, -0.2) is 16.5 Å². The lowest BCUT2D eigenvalue weighted by molar-refractivity contribution is 0.179. The number of anilines is 1. The number of rotatable bonds is 3. The van der Waals surface area contributed by atoms with Crippen molar-refractivity contribution in [3.05, 3.63) is 17.5 Å². The van der Waals surface area contributed by atoms with Crippen LogP contribution in [0.25, 0.3) is 0 Å². The molecule has 0 aromatic carbocycles. The Kier molecular flexibility index (Phi) is 2.63. The van der Waals surface area contributed by atoms with Crippen molar-refractivity contribution in [2.24, 2.45) is 5.41 Å². The largest absolute Gasteiger partial charge is 0.354 e. The Labute approximate surface area is 91.3 Å². The number of aromatic nitrogens is 2. The number of hydrogen-bond donors (Lipinski definition) is 1. The highest BCUT2D eigenvalue weighted by Gasteiger charge is 2.31. The SMILES string of the molecule is Cc1cc(C)nc(NCC2(C)CCC2)n1. The number of hydrogen-bond acceptors (Lipinski definition) is 3. The van der Waals surface area contributed by atoms with Gasteiger partial charge in [-0.1, -0.05) is 13.3 Å². The molecule has 1 aromatic heterocycles. The van der Waals surface area contributed by atoms with E-state index < -0.39 is 0 Å². The van der Waals surface area contributed by atoms with E-state index in [1.165, 1.54) is 19.3 Å². The molecule has 2 rings (SSSR count). The van der Waals surface area contributed by atoms with Gasteiger partial charge in [0.05, 0.1) is 0 Å². The van der Waals surface area contributed by atoms with Crippen LogP contribution in [0.2, 0.25) is 0 Å². The molecule has 1 aliphatic carbocycles. The van der Waals surface area contributed by atoms with Crippen molar-refractivity contribution < 1.29 is 0 Å². The van der Waals surface area contributed by atoms with Crippen LogP contribution in [0.3, 0.4) is 0 Å². The standard InChI is InChI=1S/C12H19N3/c1-9-7-10(2)15-11(14-9)13-8-12(3)5-4-6-12/h7H,4-6,8H2,1-3H3,(H,13,14,15). The Balaban J connectivity index is 1.98. The Hall–Kier alpha value is -1.12. The molecule has 1 saturated carbocycles. The van der Waals surface area contributed by atoms with Gasteiger partial charge in [-0.3, -0.25) is 0 Å². The molecule has 1 N–H and O–H groups in total. The van der Waals surface area contributed by atoms with Crippen molar-refractivity contribution in [1.29, 1.82) is 0 Å². The summed E-state index contributed by atoms with van der Waals surface area (Å²) in [6, 6.07) is 2.00. The van der Waals surface area contributed by atoms with Crippen LogP contribution in [0.5, 0.6) is 0 Å². The average molecular weight is 205 g/mol. The molecule has 1 fully saturated rings. The summed E-state index contributed by atoms with van der Waals surface area (Å²) in [7, 11) is 0. The molecular formula is C12H19N3. The minimum Gasteiger partial charge on any atom is -0.354 e. The topological polar surface area (TPSA) is 37.8 Å². The van der Waals surface area contributed by atoms with Gasteiger partial charge in [-0.15, -0.1) is 0 Å². The van der Waals surface area contributed by atoms with E-state index in [-0.39, 0.29) is 0 Å². The molecule has 3 heteroatoms. The van der Waals surface area contributed by atoms with Crippen LogP contribution < -0.4 is 5.32 Å². The quantitative estimate of drug-likeness (QED) is 0.824. The fourth-order valence-electron chi connectivity index (χ4n) is 2.05. The zero-order valence-corrected chi connectivity index (χ0v) is 9.80. The zero-order valence-electron chi connectivity index (χ0n) is 9.80. The molecule has 82 valence electrons. The van der Waals surface area contributed by atoms with Gasteiger partial charge < -0.3 is 5.32 Å². The molecule has 0 bridgehead atoms. The highest BCUT2D eigenvalue weighted by atomic mass is 15.1. The first-order chi connectivity index (χ1) is 7.07. The van der Waals surface area contributed by atoms with Crippen molar-refractivity contribution in [1.82, 2.24) is 9.97 Å². The summed E-state index contributed by atoms with van der Waals surface area (Å²) < 4.78 is 0. The van der Waals surface area contributed by atoms with Crippen molar-refractivity contribution in [3.63, 3.8) is 0 Å². The number of aryl methyl sites for hydroxylation is 2. The Morgan fingerprint density at radius 2 is 1.87 bits per heavy atom. The molecule has 1 aliphatic rings. The Morgan fingerprint density at radius 3 is 2.33 bits per heavy atom. The predicted molar refractivity (Wildman–Crippen MR) is 62.0 cm³/mol. The first-order valence-corrected chi connectivity index (χ1v) is 5.64. The molecule has 3 nitrogen and oxygen atoms in total. The zero-order chi connectivity index (χ0) is 10.9. The molecule has 1 aromatic rings. The second-order valence-corrected chi connectivity index (χ2v) is 4.99. The fraction of sp³-hybridized carbons (Fsp3) is 0.667. The Bertz CT molecular complexity index is 336. The van der Waals surface area contributed by atoms with Gasteiger partial charge in [-0.2, -0.15) is 0 Å². The summed E-state index contributed by atoms with van der Waals surface area (Å²) in [4.78, 5) is 8.75. The third-order valence-corrected chi connectivity index (χ3v) is 3.22. The summed E-state index contributed by atoms with van der Waals surface area (Å²) in [5.74, 6) is 0.778. The van der Waals surface area contributed by atoms with Crippen LogP contribution in [0.1, 0.15) is 37.6 Å². The molecule has 0 radical (unpaired) electrons. The Morgan fingerprint density at radius 1 is 1.27 bits per heavy atom. The van der Waals surface area contributed by atoms with Crippen molar-refractivity contribution in [2.75, 3.05) is 11.9 Å². The predicted octanol–water partition coefficient (Wildman–Crippen LogP) is 2.70. The summed E-state index contributed by atoms with van der Waals surface area (Å²) in [5.41, 5.74) is 2.54. The molecule has 0 amide bonds. The first-order valence-electron chi connectivity index (χ1n) is 5.64. The summed E-state index contributed by atoms with van der Waals surface area (Å²) in [5, 5.41) is 3.35. The maximum absolute atomic E-state index is 4.37. The van der Waals surface area contributed by atoms with Gasteiger partial charge in [0, 0.05) is 17.9 Å². The van der Waals surface area contributed by atoms with Gasteiger partial charge in [-0.05, 0) is 38.2 Å². The maximum atomic E-state index is 4.37. The van der Waals surface area contributed by atoms with Crippen LogP contribution in [0.4, 0.5) is 5.95 Å². The van der Waals surface area contributed by atoms with Gasteiger partial charge in [-0.25, -0.2) is 9.97 Å². The first kappa shape index (κ1) is 10.4. The smallest absolute Gasteiger partial charge is 0.223 e. The summed E-state index contributed by atoms with van der Waals surface area (Å²) in [6.07, 6.45) is 4.02. The third kappa shape index (κ3) is 2.46. The fourth-order valence-corrected chi connectivity index (χ4v) is 2.05. The molecule has 0 spiro atoms. The van der Waals surface area contributed by atoms with E-state index >= 15 is 0 Å². The van der Waals surface area contributed by atoms with Crippen molar-refractivity contribution in [2.45, 2.75) is 40.0 Å². The lowest BCUT2D eigenvalue weighted by atomic mass is 9.70. The molecule has 0 aliphatic heterocycles. The summed E-state index contributed by atoms with van der Waals surface area (Å²) in [6.45, 7) is 7.33. The van der Waals surface area contributed by atoms with E-state index in [1.807, 2.05) is 19.9 Å². The molecular weight excluding hydrogens is 186 g/mol. The highest BCUT2D eigenvalue weighted by Crippen LogP contribution is 2.39. The van der Waals surface area contributed by atoms with Crippen LogP contribution in [0, 0.1) is 19.3 Å². The normalized spacial score (nSPS) is 18.3. The van der Waals surface area contributed by atoms with Crippen LogP contribution >= 0.6 is 0 Å². The van der Waals surface area contributed by atoms with E-state index in [1.54, 1.807) is 0 Å². The van der Waals surface area contributed by atoms with E-state index in [9.17, 15) is 0 Å². The lowest BCUT2D eigenvalue weighted by Gasteiger charge is -2.38. The molecule has 1 heterocycles. The van der Waals surface area contributed by atoms with Gasteiger partial charge in [0.15, 0.2) is 0 Å². The molecule has 0 saturated heterocycles. The van der Waals surface area contributed by atoms with Gasteiger partial charge in [0.2, 0.25) is 5.95 Å². The van der Waals surface area contributed by atoms with Crippen LogP contribution in [0.15, 0.2) is 6.07 Å². The van der Waals surface area contributed by atoms with E-state index in [2.05, 4.69) is 22.2 Å². The van der Waals surface area contributed by atoms with Crippen LogP contribution in [-0.2, 0) is 0 Å². The van der Waals surface area contributed by atoms with Crippen molar-refractivity contribution in [3.8, 4) is 0 Å².